The molecular formula is C10H12ClN5O3. The SMILES string of the molecule is Cc1nc(Cl)nc(N2CCNC(=O)C2C)c1[N+](=O)[O-]. The number of amides is 1. The van der Waals surface area contributed by atoms with Crippen LogP contribution in [0.4, 0.5) is 11.5 Å². The molecule has 1 amide bonds. The average Bonchev–Trinajstić information content (AvgIpc) is 2.31. The molecule has 0 radical (unpaired) electrons. The van der Waals surface area contributed by atoms with E-state index >= 15 is 0 Å². The summed E-state index contributed by atoms with van der Waals surface area (Å²) in [5, 5.41) is 13.7. The second-order valence-corrected chi connectivity index (χ2v) is 4.51. The predicted molar refractivity (Wildman–Crippen MR) is 68.3 cm³/mol. The fourth-order valence-electron chi connectivity index (χ4n) is 2.00. The van der Waals surface area contributed by atoms with Crippen molar-refractivity contribution < 1.29 is 9.72 Å². The molecule has 1 atom stereocenters. The molecule has 1 N–H and O–H groups in total. The lowest BCUT2D eigenvalue weighted by atomic mass is 10.2. The van der Waals surface area contributed by atoms with Gasteiger partial charge in [-0.1, -0.05) is 0 Å². The highest BCUT2D eigenvalue weighted by Crippen LogP contribution is 2.31. The second-order valence-electron chi connectivity index (χ2n) is 4.17. The molecule has 19 heavy (non-hydrogen) atoms. The van der Waals surface area contributed by atoms with Crippen LogP contribution in [-0.4, -0.2) is 39.9 Å². The smallest absolute Gasteiger partial charge is 0.332 e. The van der Waals surface area contributed by atoms with E-state index in [-0.39, 0.29) is 28.4 Å². The normalized spacial score (nSPS) is 19.2. The van der Waals surface area contributed by atoms with E-state index in [4.69, 9.17) is 11.6 Å². The summed E-state index contributed by atoms with van der Waals surface area (Å²) in [5.41, 5.74) is -0.0378. The van der Waals surface area contributed by atoms with E-state index in [2.05, 4.69) is 15.3 Å². The Bertz CT molecular complexity index is 550. The van der Waals surface area contributed by atoms with Crippen LogP contribution < -0.4 is 10.2 Å². The molecule has 1 aromatic heterocycles. The molecule has 0 aliphatic carbocycles. The number of nitrogens with one attached hydrogen (secondary N) is 1. The van der Waals surface area contributed by atoms with Crippen LogP contribution in [0.5, 0.6) is 0 Å². The van der Waals surface area contributed by atoms with E-state index in [0.29, 0.717) is 13.1 Å². The summed E-state index contributed by atoms with van der Waals surface area (Å²) in [6.45, 7) is 3.98. The maximum absolute atomic E-state index is 11.6. The Kier molecular flexibility index (Phi) is 3.52. The Morgan fingerprint density at radius 1 is 1.53 bits per heavy atom. The van der Waals surface area contributed by atoms with Crippen LogP contribution in [-0.2, 0) is 4.79 Å². The van der Waals surface area contributed by atoms with Gasteiger partial charge in [0.25, 0.3) is 0 Å². The molecule has 1 aromatic rings. The minimum absolute atomic E-state index is 0.0729. The van der Waals surface area contributed by atoms with E-state index < -0.39 is 11.0 Å². The zero-order valence-electron chi connectivity index (χ0n) is 10.4. The van der Waals surface area contributed by atoms with Crippen LogP contribution in [0.2, 0.25) is 5.28 Å². The first-order chi connectivity index (χ1) is 8.91. The molecular weight excluding hydrogens is 274 g/mol. The molecule has 0 saturated carbocycles. The zero-order chi connectivity index (χ0) is 14.2. The molecule has 2 rings (SSSR count). The Labute approximate surface area is 113 Å². The van der Waals surface area contributed by atoms with Crippen LogP contribution in [0.1, 0.15) is 12.6 Å². The predicted octanol–water partition coefficient (Wildman–Crippen LogP) is 0.671. The van der Waals surface area contributed by atoms with Gasteiger partial charge in [0.05, 0.1) is 4.92 Å². The maximum Gasteiger partial charge on any atom is 0.332 e. The molecule has 102 valence electrons. The zero-order valence-corrected chi connectivity index (χ0v) is 11.1. The summed E-state index contributed by atoms with van der Waals surface area (Å²) in [5.74, 6) is -0.113. The Morgan fingerprint density at radius 3 is 2.84 bits per heavy atom. The summed E-state index contributed by atoms with van der Waals surface area (Å²) >= 11 is 5.76. The monoisotopic (exact) mass is 285 g/mol. The summed E-state index contributed by atoms with van der Waals surface area (Å²) in [4.78, 5) is 31.5. The van der Waals surface area contributed by atoms with Crippen molar-refractivity contribution in [2.24, 2.45) is 0 Å². The number of carbonyl (C=O) groups excluding carboxylic acids is 1. The second kappa shape index (κ2) is 4.96. The number of rotatable bonds is 2. The molecule has 0 aromatic carbocycles. The Balaban J connectivity index is 2.54. The van der Waals surface area contributed by atoms with Gasteiger partial charge in [-0.25, -0.2) is 4.98 Å². The lowest BCUT2D eigenvalue weighted by molar-refractivity contribution is -0.385. The topological polar surface area (TPSA) is 101 Å². The van der Waals surface area contributed by atoms with Gasteiger partial charge >= 0.3 is 5.69 Å². The van der Waals surface area contributed by atoms with Crippen molar-refractivity contribution in [1.82, 2.24) is 15.3 Å². The molecule has 1 unspecified atom stereocenters. The molecule has 0 bridgehead atoms. The van der Waals surface area contributed by atoms with Crippen LogP contribution >= 0.6 is 11.6 Å². The fraction of sp³-hybridized carbons (Fsp3) is 0.500. The highest BCUT2D eigenvalue weighted by molar-refractivity contribution is 6.28. The minimum atomic E-state index is -0.555. The van der Waals surface area contributed by atoms with Crippen molar-refractivity contribution in [3.05, 3.63) is 21.1 Å². The first-order valence-corrected chi connectivity index (χ1v) is 6.02. The Hall–Kier alpha value is -1.96. The first kappa shape index (κ1) is 13.5. The van der Waals surface area contributed by atoms with Crippen LogP contribution in [0, 0.1) is 17.0 Å². The van der Waals surface area contributed by atoms with Crippen molar-refractivity contribution in [3.8, 4) is 0 Å². The number of aryl methyl sites for hydroxylation is 1. The maximum atomic E-state index is 11.6. The molecule has 8 nitrogen and oxygen atoms in total. The highest BCUT2D eigenvalue weighted by Gasteiger charge is 2.33. The van der Waals surface area contributed by atoms with Gasteiger partial charge in [0.2, 0.25) is 17.0 Å². The first-order valence-electron chi connectivity index (χ1n) is 5.64. The third-order valence-corrected chi connectivity index (χ3v) is 3.14. The number of aromatic nitrogens is 2. The number of piperazine rings is 1. The minimum Gasteiger partial charge on any atom is -0.353 e. The number of carbonyl (C=O) groups is 1. The van der Waals surface area contributed by atoms with Crippen LogP contribution in [0.25, 0.3) is 0 Å². The number of nitro groups is 1. The number of hydrogen-bond donors (Lipinski definition) is 1. The van der Waals surface area contributed by atoms with E-state index in [1.807, 2.05) is 0 Å². The van der Waals surface area contributed by atoms with Crippen molar-refractivity contribution >= 4 is 29.0 Å². The third kappa shape index (κ3) is 2.43. The van der Waals surface area contributed by atoms with Gasteiger partial charge in [0.1, 0.15) is 11.7 Å². The number of anilines is 1. The standard InChI is InChI=1S/C10H12ClN5O3/c1-5-7(16(18)19)8(14-10(11)13-5)15-4-3-12-9(17)6(15)2/h6H,3-4H2,1-2H3,(H,12,17). The quantitative estimate of drug-likeness (QED) is 0.487. The fourth-order valence-corrected chi connectivity index (χ4v) is 2.21. The number of nitrogens with zero attached hydrogens (tertiary/aromatic N) is 4. The summed E-state index contributed by atoms with van der Waals surface area (Å²) in [6, 6.07) is -0.544. The molecule has 2 heterocycles. The number of hydrogen-bond acceptors (Lipinski definition) is 6. The third-order valence-electron chi connectivity index (χ3n) is 2.97. The lowest BCUT2D eigenvalue weighted by Gasteiger charge is -2.33. The molecule has 1 aliphatic heterocycles. The van der Waals surface area contributed by atoms with Crippen molar-refractivity contribution in [2.75, 3.05) is 18.0 Å². The van der Waals surface area contributed by atoms with E-state index in [9.17, 15) is 14.9 Å². The van der Waals surface area contributed by atoms with Gasteiger partial charge in [0, 0.05) is 13.1 Å². The van der Waals surface area contributed by atoms with Crippen molar-refractivity contribution in [1.29, 1.82) is 0 Å². The van der Waals surface area contributed by atoms with Gasteiger partial charge in [-0.3, -0.25) is 14.9 Å². The largest absolute Gasteiger partial charge is 0.353 e. The van der Waals surface area contributed by atoms with E-state index in [1.165, 1.54) is 6.92 Å². The van der Waals surface area contributed by atoms with Crippen molar-refractivity contribution in [3.63, 3.8) is 0 Å². The molecule has 1 fully saturated rings. The average molecular weight is 286 g/mol. The summed E-state index contributed by atoms with van der Waals surface area (Å²) in [7, 11) is 0. The van der Waals surface area contributed by atoms with Crippen LogP contribution in [0.3, 0.4) is 0 Å². The molecule has 1 saturated heterocycles. The Morgan fingerprint density at radius 2 is 2.21 bits per heavy atom. The van der Waals surface area contributed by atoms with E-state index in [0.717, 1.165) is 0 Å². The molecule has 1 aliphatic rings. The van der Waals surface area contributed by atoms with Crippen molar-refractivity contribution in [2.45, 2.75) is 19.9 Å². The summed E-state index contributed by atoms with van der Waals surface area (Å²) < 4.78 is 0. The number of halogens is 1. The highest BCUT2D eigenvalue weighted by atomic mass is 35.5. The summed E-state index contributed by atoms with van der Waals surface area (Å²) in [6.07, 6.45) is 0. The molecule has 9 heteroatoms. The lowest BCUT2D eigenvalue weighted by Crippen LogP contribution is -2.54. The van der Waals surface area contributed by atoms with Gasteiger partial charge < -0.3 is 10.2 Å². The van der Waals surface area contributed by atoms with Gasteiger partial charge in [-0.05, 0) is 25.4 Å². The van der Waals surface area contributed by atoms with E-state index in [1.54, 1.807) is 11.8 Å². The van der Waals surface area contributed by atoms with Gasteiger partial charge in [-0.2, -0.15) is 4.98 Å². The van der Waals surface area contributed by atoms with Gasteiger partial charge in [-0.15, -0.1) is 0 Å². The van der Waals surface area contributed by atoms with Gasteiger partial charge in [0.15, 0.2) is 0 Å². The molecule has 0 spiro atoms. The van der Waals surface area contributed by atoms with Crippen LogP contribution in [0.15, 0.2) is 0 Å².